The van der Waals surface area contributed by atoms with E-state index < -0.39 is 23.5 Å². The number of nitrogens with zero attached hydrogens (tertiary/aromatic N) is 1. The number of carbonyl (C=O) groups is 3. The van der Waals surface area contributed by atoms with Crippen LogP contribution in [0.3, 0.4) is 0 Å². The van der Waals surface area contributed by atoms with Crippen molar-refractivity contribution >= 4 is 34.8 Å². The SMILES string of the molecule is COc1cc(NC(=O)C2C3C=C[C@@]4(CN(c5ccc(NC(C)=O)cc5)C(=O)C24)O3)cc(OC)c1. The number of rotatable bonds is 6. The summed E-state index contributed by atoms with van der Waals surface area (Å²) in [6, 6.07) is 12.1. The molecule has 5 rings (SSSR count). The Labute approximate surface area is 196 Å². The zero-order valence-corrected chi connectivity index (χ0v) is 19.0. The summed E-state index contributed by atoms with van der Waals surface area (Å²) in [7, 11) is 3.07. The van der Waals surface area contributed by atoms with Gasteiger partial charge in [-0.25, -0.2) is 0 Å². The molecule has 0 aliphatic carbocycles. The van der Waals surface area contributed by atoms with Crippen LogP contribution in [0.5, 0.6) is 11.5 Å². The van der Waals surface area contributed by atoms with E-state index in [0.29, 0.717) is 35.1 Å². The molecule has 1 spiro atoms. The van der Waals surface area contributed by atoms with Crippen molar-refractivity contribution in [3.05, 3.63) is 54.6 Å². The molecule has 0 aromatic heterocycles. The summed E-state index contributed by atoms with van der Waals surface area (Å²) in [4.78, 5) is 39.8. The van der Waals surface area contributed by atoms with Crippen LogP contribution in [0.15, 0.2) is 54.6 Å². The predicted octanol–water partition coefficient (Wildman–Crippen LogP) is 2.59. The van der Waals surface area contributed by atoms with E-state index in [1.54, 1.807) is 47.4 Å². The Morgan fingerprint density at radius 3 is 2.32 bits per heavy atom. The van der Waals surface area contributed by atoms with Crippen molar-refractivity contribution < 1.29 is 28.6 Å². The molecular weight excluding hydrogens is 438 g/mol. The van der Waals surface area contributed by atoms with E-state index in [2.05, 4.69) is 10.6 Å². The Balaban J connectivity index is 1.38. The Kier molecular flexibility index (Phi) is 5.28. The van der Waals surface area contributed by atoms with Gasteiger partial charge in [0.25, 0.3) is 0 Å². The Morgan fingerprint density at radius 2 is 1.71 bits per heavy atom. The molecule has 2 aromatic carbocycles. The summed E-state index contributed by atoms with van der Waals surface area (Å²) in [5.74, 6) is -0.850. The summed E-state index contributed by atoms with van der Waals surface area (Å²) in [5, 5.41) is 5.62. The molecule has 3 amide bonds. The van der Waals surface area contributed by atoms with Crippen LogP contribution >= 0.6 is 0 Å². The van der Waals surface area contributed by atoms with Crippen molar-refractivity contribution in [2.75, 3.05) is 36.3 Å². The van der Waals surface area contributed by atoms with Crippen LogP contribution in [0.25, 0.3) is 0 Å². The smallest absolute Gasteiger partial charge is 0.234 e. The summed E-state index contributed by atoms with van der Waals surface area (Å²) < 4.78 is 16.8. The number of methoxy groups -OCH3 is 2. The fraction of sp³-hybridized carbons (Fsp3) is 0.320. The van der Waals surface area contributed by atoms with Gasteiger partial charge in [-0.15, -0.1) is 0 Å². The van der Waals surface area contributed by atoms with Gasteiger partial charge in [0.1, 0.15) is 17.1 Å². The maximum Gasteiger partial charge on any atom is 0.234 e. The predicted molar refractivity (Wildman–Crippen MR) is 125 cm³/mol. The molecule has 176 valence electrons. The first-order valence-corrected chi connectivity index (χ1v) is 10.9. The number of ether oxygens (including phenoxy) is 3. The summed E-state index contributed by atoms with van der Waals surface area (Å²) >= 11 is 0. The van der Waals surface area contributed by atoms with E-state index >= 15 is 0 Å². The van der Waals surface area contributed by atoms with Gasteiger partial charge in [-0.05, 0) is 24.3 Å². The lowest BCUT2D eigenvalue weighted by Crippen LogP contribution is -2.41. The fourth-order valence-corrected chi connectivity index (χ4v) is 5.05. The third-order valence-corrected chi connectivity index (χ3v) is 6.52. The standard InChI is InChI=1S/C25H25N3O6/c1-14(29)26-15-4-6-17(7-5-15)28-13-25-9-8-20(34-25)21(22(25)24(28)31)23(30)27-16-10-18(32-2)12-19(11-16)33-3/h4-12,20-22H,13H2,1-3H3,(H,26,29)(H,27,30)/t20?,21?,22?,25-/m0/s1. The molecule has 9 nitrogen and oxygen atoms in total. The largest absolute Gasteiger partial charge is 0.497 e. The third kappa shape index (κ3) is 3.58. The second-order valence-corrected chi connectivity index (χ2v) is 8.64. The lowest BCUT2D eigenvalue weighted by atomic mass is 9.77. The van der Waals surface area contributed by atoms with Crippen molar-refractivity contribution in [3.8, 4) is 11.5 Å². The normalized spacial score (nSPS) is 26.4. The zero-order valence-electron chi connectivity index (χ0n) is 19.0. The molecule has 2 N–H and O–H groups in total. The van der Waals surface area contributed by atoms with E-state index in [0.717, 1.165) is 0 Å². The van der Waals surface area contributed by atoms with Crippen LogP contribution in [0, 0.1) is 11.8 Å². The molecule has 4 atom stereocenters. The highest BCUT2D eigenvalue weighted by Crippen LogP contribution is 2.53. The Morgan fingerprint density at radius 1 is 1.03 bits per heavy atom. The molecule has 0 saturated carbocycles. The van der Waals surface area contributed by atoms with Crippen LogP contribution < -0.4 is 25.0 Å². The molecule has 2 aromatic rings. The van der Waals surface area contributed by atoms with Gasteiger partial charge in [-0.3, -0.25) is 14.4 Å². The molecule has 3 aliphatic heterocycles. The Hall–Kier alpha value is -3.85. The number of benzene rings is 2. The lowest BCUT2D eigenvalue weighted by molar-refractivity contribution is -0.128. The lowest BCUT2D eigenvalue weighted by Gasteiger charge is -2.23. The number of carbonyl (C=O) groups excluding carboxylic acids is 3. The van der Waals surface area contributed by atoms with Gasteiger partial charge in [0.15, 0.2) is 0 Å². The van der Waals surface area contributed by atoms with Gasteiger partial charge in [0.05, 0.1) is 38.7 Å². The molecule has 0 radical (unpaired) electrons. The fourth-order valence-electron chi connectivity index (χ4n) is 5.05. The second kappa shape index (κ2) is 8.18. The highest BCUT2D eigenvalue weighted by atomic mass is 16.5. The van der Waals surface area contributed by atoms with Crippen LogP contribution in [-0.4, -0.2) is 50.2 Å². The van der Waals surface area contributed by atoms with Gasteiger partial charge in [0.2, 0.25) is 17.7 Å². The highest BCUT2D eigenvalue weighted by Gasteiger charge is 2.67. The minimum Gasteiger partial charge on any atom is -0.497 e. The molecule has 34 heavy (non-hydrogen) atoms. The van der Waals surface area contributed by atoms with Crippen molar-refractivity contribution in [3.63, 3.8) is 0 Å². The number of anilines is 3. The first-order chi connectivity index (χ1) is 16.3. The van der Waals surface area contributed by atoms with Gasteiger partial charge in [-0.1, -0.05) is 12.2 Å². The highest BCUT2D eigenvalue weighted by molar-refractivity contribution is 6.05. The van der Waals surface area contributed by atoms with Gasteiger partial charge in [-0.2, -0.15) is 0 Å². The molecule has 2 saturated heterocycles. The number of nitrogens with one attached hydrogen (secondary N) is 2. The van der Waals surface area contributed by atoms with Crippen molar-refractivity contribution in [2.45, 2.75) is 18.6 Å². The molecule has 9 heteroatoms. The van der Waals surface area contributed by atoms with Crippen LogP contribution in [0.1, 0.15) is 6.92 Å². The zero-order chi connectivity index (χ0) is 24.0. The average Bonchev–Trinajstić information content (AvgIpc) is 3.47. The van der Waals surface area contributed by atoms with Gasteiger partial charge in [0, 0.05) is 42.2 Å². The van der Waals surface area contributed by atoms with E-state index in [-0.39, 0.29) is 17.7 Å². The minimum absolute atomic E-state index is 0.164. The molecule has 3 unspecified atom stereocenters. The van der Waals surface area contributed by atoms with E-state index in [9.17, 15) is 14.4 Å². The number of hydrogen-bond acceptors (Lipinski definition) is 6. The second-order valence-electron chi connectivity index (χ2n) is 8.64. The first kappa shape index (κ1) is 22.0. The summed E-state index contributed by atoms with van der Waals surface area (Å²) in [6.45, 7) is 1.75. The molecular formula is C25H25N3O6. The van der Waals surface area contributed by atoms with Crippen molar-refractivity contribution in [2.24, 2.45) is 11.8 Å². The monoisotopic (exact) mass is 463 g/mol. The summed E-state index contributed by atoms with van der Waals surface area (Å²) in [5.41, 5.74) is 0.994. The van der Waals surface area contributed by atoms with Crippen molar-refractivity contribution in [1.29, 1.82) is 0 Å². The van der Waals surface area contributed by atoms with E-state index in [4.69, 9.17) is 14.2 Å². The van der Waals surface area contributed by atoms with Crippen LogP contribution in [0.2, 0.25) is 0 Å². The topological polar surface area (TPSA) is 106 Å². The van der Waals surface area contributed by atoms with Crippen LogP contribution in [0.4, 0.5) is 17.1 Å². The van der Waals surface area contributed by atoms with Gasteiger partial charge >= 0.3 is 0 Å². The first-order valence-electron chi connectivity index (χ1n) is 10.9. The molecule has 2 bridgehead atoms. The molecule has 2 fully saturated rings. The maximum absolute atomic E-state index is 13.5. The van der Waals surface area contributed by atoms with E-state index in [1.807, 2.05) is 12.2 Å². The van der Waals surface area contributed by atoms with Crippen LogP contribution in [-0.2, 0) is 19.1 Å². The number of hydrogen-bond donors (Lipinski definition) is 2. The average molecular weight is 463 g/mol. The number of fused-ring (bicyclic) bond motifs is 1. The van der Waals surface area contributed by atoms with Crippen molar-refractivity contribution in [1.82, 2.24) is 0 Å². The van der Waals surface area contributed by atoms with E-state index in [1.165, 1.54) is 21.1 Å². The Bertz CT molecular complexity index is 1170. The molecule has 3 heterocycles. The minimum atomic E-state index is -0.841. The molecule has 3 aliphatic rings. The summed E-state index contributed by atoms with van der Waals surface area (Å²) in [6.07, 6.45) is 3.30. The van der Waals surface area contributed by atoms with Gasteiger partial charge < -0.3 is 29.7 Å². The maximum atomic E-state index is 13.5. The third-order valence-electron chi connectivity index (χ3n) is 6.52. The quantitative estimate of drug-likeness (QED) is 0.638. The number of amides is 3.